The Hall–Kier alpha value is -1.39. The van der Waals surface area contributed by atoms with Gasteiger partial charge in [-0.3, -0.25) is 9.69 Å². The van der Waals surface area contributed by atoms with E-state index in [2.05, 4.69) is 23.4 Å². The average molecular weight is 249 g/mol. The summed E-state index contributed by atoms with van der Waals surface area (Å²) < 4.78 is 0. The highest BCUT2D eigenvalue weighted by atomic mass is 16.1. The van der Waals surface area contributed by atoms with Crippen LogP contribution in [0.5, 0.6) is 0 Å². The number of rotatable bonds is 5. The molecule has 4 nitrogen and oxygen atoms in total. The van der Waals surface area contributed by atoms with E-state index >= 15 is 0 Å². The van der Waals surface area contributed by atoms with Gasteiger partial charge in [0.25, 0.3) is 0 Å². The number of allylic oxidation sites excluding steroid dienone is 2. The Balaban J connectivity index is 2.56. The minimum atomic E-state index is 0.781. The van der Waals surface area contributed by atoms with Crippen LogP contribution in [0.1, 0.15) is 0 Å². The molecular weight excluding hydrogens is 226 g/mol. The summed E-state index contributed by atoms with van der Waals surface area (Å²) in [6.45, 7) is 13.6. The van der Waals surface area contributed by atoms with Crippen molar-refractivity contribution in [2.45, 2.75) is 0 Å². The maximum Gasteiger partial charge on any atom is 0.209 e. The standard InChI is InChI=1S/C14H23N3O/c1-3-5-14(4-2)12-16-8-6-15-7-9-17(13-18)11-10-16/h3-5,13,15H,1-2,6-12H2/b14-5+. The van der Waals surface area contributed by atoms with Gasteiger partial charge in [0.2, 0.25) is 6.41 Å². The Labute approximate surface area is 110 Å². The second-order valence-electron chi connectivity index (χ2n) is 4.35. The van der Waals surface area contributed by atoms with Crippen molar-refractivity contribution in [1.29, 1.82) is 0 Å². The summed E-state index contributed by atoms with van der Waals surface area (Å²) in [5, 5.41) is 3.34. The van der Waals surface area contributed by atoms with Gasteiger partial charge in [-0.25, -0.2) is 0 Å². The lowest BCUT2D eigenvalue weighted by Gasteiger charge is -2.23. The van der Waals surface area contributed by atoms with Crippen LogP contribution in [0.25, 0.3) is 0 Å². The predicted octanol–water partition coefficient (Wildman–Crippen LogP) is 0.648. The van der Waals surface area contributed by atoms with Crippen LogP contribution in [0.2, 0.25) is 0 Å². The van der Waals surface area contributed by atoms with E-state index in [1.54, 1.807) is 6.08 Å². The quantitative estimate of drug-likeness (QED) is 0.574. The topological polar surface area (TPSA) is 35.6 Å². The van der Waals surface area contributed by atoms with Crippen molar-refractivity contribution in [1.82, 2.24) is 15.1 Å². The van der Waals surface area contributed by atoms with E-state index in [4.69, 9.17) is 0 Å². The molecule has 1 fully saturated rings. The largest absolute Gasteiger partial charge is 0.343 e. The maximum absolute atomic E-state index is 10.9. The smallest absolute Gasteiger partial charge is 0.209 e. The number of hydrogen-bond donors (Lipinski definition) is 1. The number of carbonyl (C=O) groups excluding carboxylic acids is 1. The van der Waals surface area contributed by atoms with Crippen LogP contribution >= 0.6 is 0 Å². The lowest BCUT2D eigenvalue weighted by Crippen LogP contribution is -2.36. The van der Waals surface area contributed by atoms with Gasteiger partial charge >= 0.3 is 0 Å². The van der Waals surface area contributed by atoms with Crippen molar-refractivity contribution in [2.75, 3.05) is 45.8 Å². The Kier molecular flexibility index (Phi) is 7.06. The summed E-state index contributed by atoms with van der Waals surface area (Å²) in [5.41, 5.74) is 1.15. The fourth-order valence-electron chi connectivity index (χ4n) is 1.94. The molecule has 1 N–H and O–H groups in total. The first-order valence-corrected chi connectivity index (χ1v) is 6.36. The molecule has 0 aliphatic carbocycles. The molecule has 1 rings (SSSR count). The Morgan fingerprint density at radius 2 is 1.94 bits per heavy atom. The van der Waals surface area contributed by atoms with E-state index in [0.29, 0.717) is 0 Å². The van der Waals surface area contributed by atoms with Gasteiger partial charge in [0.1, 0.15) is 0 Å². The van der Waals surface area contributed by atoms with E-state index in [9.17, 15) is 4.79 Å². The second kappa shape index (κ2) is 8.66. The van der Waals surface area contributed by atoms with Gasteiger partial charge in [-0.2, -0.15) is 0 Å². The molecule has 0 unspecified atom stereocenters. The Morgan fingerprint density at radius 3 is 2.61 bits per heavy atom. The molecule has 100 valence electrons. The number of amides is 1. The fourth-order valence-corrected chi connectivity index (χ4v) is 1.94. The van der Waals surface area contributed by atoms with Crippen LogP contribution in [-0.4, -0.2) is 62.0 Å². The number of carbonyl (C=O) groups is 1. The predicted molar refractivity (Wildman–Crippen MR) is 75.4 cm³/mol. The minimum absolute atomic E-state index is 0.781. The van der Waals surface area contributed by atoms with Crippen molar-refractivity contribution < 1.29 is 4.79 Å². The Bertz CT molecular complexity index is 312. The molecule has 0 atom stereocenters. The van der Waals surface area contributed by atoms with Gasteiger partial charge in [-0.1, -0.05) is 31.4 Å². The maximum atomic E-state index is 10.9. The molecule has 0 radical (unpaired) electrons. The van der Waals surface area contributed by atoms with Crippen molar-refractivity contribution in [3.05, 3.63) is 37.0 Å². The van der Waals surface area contributed by atoms with Gasteiger partial charge in [-0.05, 0) is 5.57 Å². The molecule has 0 bridgehead atoms. The highest BCUT2D eigenvalue weighted by molar-refractivity contribution is 5.46. The Morgan fingerprint density at radius 1 is 1.17 bits per heavy atom. The van der Waals surface area contributed by atoms with Crippen LogP contribution in [0.4, 0.5) is 0 Å². The van der Waals surface area contributed by atoms with Crippen molar-refractivity contribution in [3.63, 3.8) is 0 Å². The van der Waals surface area contributed by atoms with Crippen LogP contribution in [0.15, 0.2) is 37.0 Å². The molecule has 1 saturated heterocycles. The lowest BCUT2D eigenvalue weighted by atomic mass is 10.2. The molecule has 18 heavy (non-hydrogen) atoms. The molecule has 1 aliphatic rings. The molecule has 0 aromatic heterocycles. The third-order valence-electron chi connectivity index (χ3n) is 3.03. The zero-order chi connectivity index (χ0) is 13.2. The highest BCUT2D eigenvalue weighted by Gasteiger charge is 2.11. The first-order valence-electron chi connectivity index (χ1n) is 6.36. The third-order valence-corrected chi connectivity index (χ3v) is 3.03. The molecular formula is C14H23N3O. The summed E-state index contributed by atoms with van der Waals surface area (Å²) in [5.74, 6) is 0. The summed E-state index contributed by atoms with van der Waals surface area (Å²) >= 11 is 0. The van der Waals surface area contributed by atoms with E-state index in [-0.39, 0.29) is 0 Å². The highest BCUT2D eigenvalue weighted by Crippen LogP contribution is 2.02. The molecule has 1 aliphatic heterocycles. The average Bonchev–Trinajstić information content (AvgIpc) is 2.50. The van der Waals surface area contributed by atoms with Crippen LogP contribution in [0.3, 0.4) is 0 Å². The van der Waals surface area contributed by atoms with Gasteiger partial charge < -0.3 is 10.2 Å². The fraction of sp³-hybridized carbons (Fsp3) is 0.500. The molecule has 0 aromatic carbocycles. The summed E-state index contributed by atoms with van der Waals surface area (Å²) in [6, 6.07) is 0. The van der Waals surface area contributed by atoms with Crippen LogP contribution in [0, 0.1) is 0 Å². The first kappa shape index (κ1) is 14.7. The zero-order valence-corrected chi connectivity index (χ0v) is 11.0. The number of hydrogen-bond acceptors (Lipinski definition) is 3. The van der Waals surface area contributed by atoms with Gasteiger partial charge in [0.05, 0.1) is 0 Å². The number of nitrogens with one attached hydrogen (secondary N) is 1. The summed E-state index contributed by atoms with van der Waals surface area (Å²) in [7, 11) is 0. The van der Waals surface area contributed by atoms with E-state index < -0.39 is 0 Å². The normalized spacial score (nSPS) is 19.6. The van der Waals surface area contributed by atoms with E-state index in [1.165, 1.54) is 0 Å². The van der Waals surface area contributed by atoms with Crippen LogP contribution in [-0.2, 0) is 4.79 Å². The zero-order valence-electron chi connectivity index (χ0n) is 11.0. The first-order chi connectivity index (χ1) is 8.80. The van der Waals surface area contributed by atoms with Gasteiger partial charge in [0, 0.05) is 45.8 Å². The molecule has 0 saturated carbocycles. The van der Waals surface area contributed by atoms with Crippen molar-refractivity contribution in [3.8, 4) is 0 Å². The molecule has 4 heteroatoms. The van der Waals surface area contributed by atoms with E-state index in [1.807, 2.05) is 17.1 Å². The second-order valence-corrected chi connectivity index (χ2v) is 4.35. The molecule has 1 amide bonds. The molecule has 0 spiro atoms. The van der Waals surface area contributed by atoms with E-state index in [0.717, 1.165) is 57.8 Å². The van der Waals surface area contributed by atoms with Crippen molar-refractivity contribution >= 4 is 6.41 Å². The molecule has 1 heterocycles. The van der Waals surface area contributed by atoms with Crippen LogP contribution < -0.4 is 5.32 Å². The SMILES string of the molecule is C=C/C=C(\C=C)CN1CCNCCN(C=O)CC1. The lowest BCUT2D eigenvalue weighted by molar-refractivity contribution is -0.118. The number of nitrogens with zero attached hydrogens (tertiary/aromatic N) is 2. The minimum Gasteiger partial charge on any atom is -0.343 e. The van der Waals surface area contributed by atoms with Gasteiger partial charge in [-0.15, -0.1) is 0 Å². The van der Waals surface area contributed by atoms with Gasteiger partial charge in [0.15, 0.2) is 0 Å². The summed E-state index contributed by atoms with van der Waals surface area (Å²) in [6.07, 6.45) is 6.55. The monoisotopic (exact) mass is 249 g/mol. The third kappa shape index (κ3) is 5.29. The summed E-state index contributed by atoms with van der Waals surface area (Å²) in [4.78, 5) is 15.0. The van der Waals surface area contributed by atoms with Crippen molar-refractivity contribution in [2.24, 2.45) is 0 Å². The molecule has 0 aromatic rings.